The van der Waals surface area contributed by atoms with E-state index >= 15 is 0 Å². The Morgan fingerprint density at radius 3 is 0.125 bits per heavy atom. The van der Waals surface area contributed by atoms with Crippen LogP contribution in [0.25, 0.3) is 0 Å². The molecule has 0 radical (unpaired) electrons. The van der Waals surface area contributed by atoms with Gasteiger partial charge in [0.1, 0.15) is 0 Å². The second kappa shape index (κ2) is 385. The van der Waals surface area contributed by atoms with Gasteiger partial charge in [0.05, 0.1) is 0 Å². The molecule has 24 heavy (non-hydrogen) atoms. The topological polar surface area (TPSA) is 0 Å². The van der Waals surface area contributed by atoms with Crippen molar-refractivity contribution < 1.29 is 5.71 Å². The molecule has 0 aliphatic heterocycles. The first-order chi connectivity index (χ1) is 0. The first kappa shape index (κ1) is 423. The molecule has 0 spiro atoms. The van der Waals surface area contributed by atoms with Crippen molar-refractivity contribution in [2.75, 3.05) is 0 Å². The zero-order valence-corrected chi connectivity index (χ0v) is 32.8. The summed E-state index contributed by atoms with van der Waals surface area (Å²) in [6.45, 7) is 0. The van der Waals surface area contributed by atoms with Crippen LogP contribution in [0.1, 0.15) is 5.71 Å². The van der Waals surface area contributed by atoms with E-state index in [1.165, 1.54) is 0 Å². The molecule has 0 aromatic heterocycles. The molecule has 184 valence electrons. The van der Waals surface area contributed by atoms with Gasteiger partial charge >= 0.3 is 75.5 Å². The van der Waals surface area contributed by atoms with E-state index in [-0.39, 0.29) is 354 Å². The first-order valence-electron chi connectivity index (χ1n) is 0. The average Bonchev–Trinajstić information content (AvgIpc) is 0. The van der Waals surface area contributed by atoms with Gasteiger partial charge in [0.25, 0.3) is 0 Å². The summed E-state index contributed by atoms with van der Waals surface area (Å²) in [5, 5.41) is 0. The van der Waals surface area contributed by atoms with E-state index in [4.69, 9.17) is 0 Å². The Morgan fingerprint density at radius 1 is 0.125 bits per heavy atom. The SMILES string of the molecule is Cl.Cl.Cl.Cl.Cl.Cl.Cl.Cl.Cl.Cl.Cl.Cl.Cl.Cl.Cl.Cl.Cl.Cl.Cl.Cl.Cl.Cl.[Ca+2].[Ca+2].[H-].[H-].[H-].[H-]. The van der Waals surface area contributed by atoms with Gasteiger partial charge in [-0.3, -0.25) is 0 Å². The van der Waals surface area contributed by atoms with Gasteiger partial charge in [0, 0.05) is 0 Å². The second-order valence-corrected chi connectivity index (χ2v) is 0. The van der Waals surface area contributed by atoms with E-state index in [9.17, 15) is 0 Å². The number of halogens is 22. The van der Waals surface area contributed by atoms with Crippen molar-refractivity contribution in [2.24, 2.45) is 0 Å². The molecule has 0 unspecified atom stereocenters. The smallest absolute Gasteiger partial charge is 1.00 e. The van der Waals surface area contributed by atoms with Crippen LogP contribution >= 0.6 is 273 Å². The van der Waals surface area contributed by atoms with E-state index in [1.807, 2.05) is 0 Å². The van der Waals surface area contributed by atoms with Crippen LogP contribution in [0.2, 0.25) is 0 Å². The molecular formula is H26Ca2Cl22. The van der Waals surface area contributed by atoms with Crippen LogP contribution in [0.15, 0.2) is 0 Å². The van der Waals surface area contributed by atoms with Crippen molar-refractivity contribution in [2.45, 2.75) is 0 Å². The monoisotopic (exact) mass is 875 g/mol. The van der Waals surface area contributed by atoms with E-state index in [2.05, 4.69) is 0 Å². The van der Waals surface area contributed by atoms with Crippen LogP contribution in [0.3, 0.4) is 0 Å². The fourth-order valence-electron chi connectivity index (χ4n) is 0. The van der Waals surface area contributed by atoms with Crippen molar-refractivity contribution in [1.29, 1.82) is 0 Å². The predicted octanol–water partition coefficient (Wildman–Crippen LogP) is 8.97. The minimum absolute atomic E-state index is 0. The summed E-state index contributed by atoms with van der Waals surface area (Å²) in [4.78, 5) is 0. The molecule has 0 aliphatic rings. The Labute approximate surface area is 347 Å². The molecule has 0 aromatic carbocycles. The molecular weight excluding hydrogens is 860 g/mol. The largest absolute Gasteiger partial charge is 2.00 e. The standard InChI is InChI=1S/2Ca.22ClH.4H/h;;22*1H;;;;/q2*+2;;;;;;;;;;;;;;;;;;;;;;;4*-1. The van der Waals surface area contributed by atoms with Gasteiger partial charge in [0.15, 0.2) is 0 Å². The number of hydrogen-bond donors (Lipinski definition) is 0. The molecule has 0 nitrogen and oxygen atoms in total. The van der Waals surface area contributed by atoms with E-state index in [0.29, 0.717) is 0 Å². The molecule has 0 bridgehead atoms. The van der Waals surface area contributed by atoms with Crippen molar-refractivity contribution in [3.8, 4) is 0 Å². The van der Waals surface area contributed by atoms with Crippen LogP contribution in [0.5, 0.6) is 0 Å². The van der Waals surface area contributed by atoms with Crippen LogP contribution < -0.4 is 0 Å². The zero-order valence-electron chi connectivity index (χ0n) is 14.4. The van der Waals surface area contributed by atoms with Gasteiger partial charge in [-0.2, -0.15) is 0 Å². The van der Waals surface area contributed by atoms with E-state index < -0.39 is 0 Å². The Hall–Kier alpha value is 8.90. The van der Waals surface area contributed by atoms with Crippen molar-refractivity contribution in [1.82, 2.24) is 0 Å². The molecule has 0 atom stereocenters. The molecule has 0 N–H and O–H groups in total. The summed E-state index contributed by atoms with van der Waals surface area (Å²) in [6, 6.07) is 0. The third-order valence-electron chi connectivity index (χ3n) is 0. The van der Waals surface area contributed by atoms with Crippen molar-refractivity contribution in [3.05, 3.63) is 0 Å². The Kier molecular flexibility index (Phi) is 6770. The van der Waals surface area contributed by atoms with Crippen LogP contribution in [0.4, 0.5) is 0 Å². The third-order valence-corrected chi connectivity index (χ3v) is 0. The predicted molar refractivity (Wildman–Crippen MR) is 175 cm³/mol. The summed E-state index contributed by atoms with van der Waals surface area (Å²) >= 11 is 0. The van der Waals surface area contributed by atoms with Gasteiger partial charge in [0.2, 0.25) is 0 Å². The second-order valence-electron chi connectivity index (χ2n) is 0. The maximum atomic E-state index is 0. The third kappa shape index (κ3) is 349. The summed E-state index contributed by atoms with van der Waals surface area (Å²) < 4.78 is 0. The minimum Gasteiger partial charge on any atom is -1.00 e. The van der Waals surface area contributed by atoms with Gasteiger partial charge in [-0.25, -0.2) is 0 Å². The van der Waals surface area contributed by atoms with Gasteiger partial charge < -0.3 is 5.71 Å². The van der Waals surface area contributed by atoms with Crippen molar-refractivity contribution >= 4 is 348 Å². The van der Waals surface area contributed by atoms with Gasteiger partial charge in [-0.05, 0) is 0 Å². The Bertz CT molecular complexity index is 26.5. The normalized spacial score (nSPS) is 0. The van der Waals surface area contributed by atoms with E-state index in [0.717, 1.165) is 0 Å². The quantitative estimate of drug-likeness (QED) is 0.213. The Balaban J connectivity index is 0. The maximum absolute atomic E-state index is 0. The first-order valence-corrected chi connectivity index (χ1v) is 0. The van der Waals surface area contributed by atoms with Crippen LogP contribution in [0, 0.1) is 0 Å². The van der Waals surface area contributed by atoms with Gasteiger partial charge in [-0.15, -0.1) is 273 Å². The number of rotatable bonds is 0. The molecule has 0 saturated heterocycles. The summed E-state index contributed by atoms with van der Waals surface area (Å²) in [5.41, 5.74) is 0. The molecule has 0 amide bonds. The van der Waals surface area contributed by atoms with Gasteiger partial charge in [-0.1, -0.05) is 0 Å². The molecule has 0 saturated carbocycles. The average molecular weight is 886 g/mol. The fourth-order valence-corrected chi connectivity index (χ4v) is 0. The zero-order chi connectivity index (χ0) is 0. The summed E-state index contributed by atoms with van der Waals surface area (Å²) in [7, 11) is 0. The molecule has 0 aromatic rings. The fraction of sp³-hybridized carbons (Fsp3) is 0. The molecule has 0 fully saturated rings. The molecule has 24 heteroatoms. The maximum Gasteiger partial charge on any atom is 2.00 e. The van der Waals surface area contributed by atoms with E-state index in [1.54, 1.807) is 0 Å². The molecule has 0 aliphatic carbocycles. The molecule has 0 heterocycles. The van der Waals surface area contributed by atoms with Crippen molar-refractivity contribution in [3.63, 3.8) is 0 Å². The number of hydrogen-bond acceptors (Lipinski definition) is 0. The molecule has 0 rings (SSSR count). The minimum atomic E-state index is 0. The van der Waals surface area contributed by atoms with Crippen LogP contribution in [-0.2, 0) is 0 Å². The van der Waals surface area contributed by atoms with Crippen LogP contribution in [-0.4, -0.2) is 75.5 Å². The summed E-state index contributed by atoms with van der Waals surface area (Å²) in [6.07, 6.45) is 0. The summed E-state index contributed by atoms with van der Waals surface area (Å²) in [5.74, 6) is 0. The Morgan fingerprint density at radius 2 is 0.125 bits per heavy atom.